The van der Waals surface area contributed by atoms with Crippen LogP contribution in [0.25, 0.3) is 5.65 Å². The van der Waals surface area contributed by atoms with Crippen LogP contribution < -0.4 is 5.32 Å². The molecule has 0 aliphatic carbocycles. The van der Waals surface area contributed by atoms with E-state index in [1.807, 2.05) is 22.7 Å². The number of rotatable bonds is 2. The molecular formula is C13H16ClN3. The van der Waals surface area contributed by atoms with Crippen molar-refractivity contribution in [3.63, 3.8) is 0 Å². The summed E-state index contributed by atoms with van der Waals surface area (Å²) >= 11 is 5.95. The highest BCUT2D eigenvalue weighted by molar-refractivity contribution is 6.30. The molecule has 0 aromatic carbocycles. The maximum atomic E-state index is 5.95. The quantitative estimate of drug-likeness (QED) is 0.887. The molecule has 2 aromatic rings. The van der Waals surface area contributed by atoms with Gasteiger partial charge in [0.15, 0.2) is 0 Å². The first kappa shape index (κ1) is 11.1. The molecule has 1 fully saturated rings. The van der Waals surface area contributed by atoms with Crippen LogP contribution in [0.3, 0.4) is 0 Å². The van der Waals surface area contributed by atoms with Crippen LogP contribution in [0.2, 0.25) is 5.02 Å². The number of halogens is 1. The minimum atomic E-state index is 0.587. The molecule has 0 amide bonds. The SMILES string of the molecule is Clc1ccn2cc(CC3CCCCN3)nc2c1. The van der Waals surface area contributed by atoms with Gasteiger partial charge in [0.2, 0.25) is 0 Å². The van der Waals surface area contributed by atoms with E-state index in [0.29, 0.717) is 6.04 Å². The first-order valence-electron chi connectivity index (χ1n) is 6.18. The Morgan fingerprint density at radius 2 is 2.41 bits per heavy atom. The van der Waals surface area contributed by atoms with Crippen molar-refractivity contribution in [2.45, 2.75) is 31.7 Å². The molecule has 17 heavy (non-hydrogen) atoms. The third kappa shape index (κ3) is 2.45. The van der Waals surface area contributed by atoms with Crippen molar-refractivity contribution in [1.82, 2.24) is 14.7 Å². The van der Waals surface area contributed by atoms with Crippen molar-refractivity contribution < 1.29 is 0 Å². The molecule has 0 spiro atoms. The number of fused-ring (bicyclic) bond motifs is 1. The molecule has 0 radical (unpaired) electrons. The van der Waals surface area contributed by atoms with Crippen LogP contribution in [0.4, 0.5) is 0 Å². The predicted octanol–water partition coefficient (Wildman–Crippen LogP) is 2.67. The molecule has 4 heteroatoms. The molecule has 3 rings (SSSR count). The summed E-state index contributed by atoms with van der Waals surface area (Å²) in [5.74, 6) is 0. The van der Waals surface area contributed by atoms with Crippen LogP contribution in [0.15, 0.2) is 24.5 Å². The number of nitrogens with zero attached hydrogens (tertiary/aromatic N) is 2. The van der Waals surface area contributed by atoms with Crippen LogP contribution >= 0.6 is 11.6 Å². The van der Waals surface area contributed by atoms with E-state index in [1.54, 1.807) is 0 Å². The largest absolute Gasteiger partial charge is 0.314 e. The minimum Gasteiger partial charge on any atom is -0.314 e. The lowest BCUT2D eigenvalue weighted by Gasteiger charge is -2.22. The monoisotopic (exact) mass is 249 g/mol. The number of imidazole rings is 1. The van der Waals surface area contributed by atoms with E-state index in [4.69, 9.17) is 11.6 Å². The fraction of sp³-hybridized carbons (Fsp3) is 0.462. The molecule has 2 aromatic heterocycles. The van der Waals surface area contributed by atoms with Gasteiger partial charge in [-0.05, 0) is 31.5 Å². The number of pyridine rings is 1. The fourth-order valence-corrected chi connectivity index (χ4v) is 2.61. The minimum absolute atomic E-state index is 0.587. The summed E-state index contributed by atoms with van der Waals surface area (Å²) in [5.41, 5.74) is 2.08. The molecule has 90 valence electrons. The third-order valence-corrected chi connectivity index (χ3v) is 3.58. The van der Waals surface area contributed by atoms with Crippen molar-refractivity contribution >= 4 is 17.2 Å². The Bertz CT molecular complexity index is 514. The normalized spacial score (nSPS) is 20.9. The second-order valence-corrected chi connectivity index (χ2v) is 5.13. The summed E-state index contributed by atoms with van der Waals surface area (Å²) in [7, 11) is 0. The maximum absolute atomic E-state index is 5.95. The Hall–Kier alpha value is -1.06. The van der Waals surface area contributed by atoms with Gasteiger partial charge >= 0.3 is 0 Å². The molecule has 0 saturated carbocycles. The average molecular weight is 250 g/mol. The molecule has 1 aliphatic heterocycles. The zero-order valence-corrected chi connectivity index (χ0v) is 10.5. The lowest BCUT2D eigenvalue weighted by Crippen LogP contribution is -2.35. The summed E-state index contributed by atoms with van der Waals surface area (Å²) in [6, 6.07) is 4.38. The van der Waals surface area contributed by atoms with Crippen LogP contribution in [0.5, 0.6) is 0 Å². The van der Waals surface area contributed by atoms with Gasteiger partial charge in [0, 0.05) is 29.9 Å². The van der Waals surface area contributed by atoms with Gasteiger partial charge in [-0.3, -0.25) is 0 Å². The Morgan fingerprint density at radius 1 is 1.47 bits per heavy atom. The van der Waals surface area contributed by atoms with Gasteiger partial charge < -0.3 is 9.72 Å². The van der Waals surface area contributed by atoms with Gasteiger partial charge in [-0.2, -0.15) is 0 Å². The average Bonchev–Trinajstić information content (AvgIpc) is 2.71. The third-order valence-electron chi connectivity index (χ3n) is 3.34. The molecule has 1 N–H and O–H groups in total. The van der Waals surface area contributed by atoms with Crippen LogP contribution in [-0.2, 0) is 6.42 Å². The molecule has 1 saturated heterocycles. The van der Waals surface area contributed by atoms with Gasteiger partial charge in [-0.15, -0.1) is 0 Å². The summed E-state index contributed by atoms with van der Waals surface area (Å²) in [5, 5.41) is 4.29. The number of hydrogen-bond donors (Lipinski definition) is 1. The Kier molecular flexibility index (Phi) is 3.04. The van der Waals surface area contributed by atoms with Crippen LogP contribution in [0, 0.1) is 0 Å². The fourth-order valence-electron chi connectivity index (χ4n) is 2.46. The second-order valence-electron chi connectivity index (χ2n) is 4.69. The van der Waals surface area contributed by atoms with Crippen molar-refractivity contribution in [1.29, 1.82) is 0 Å². The molecular weight excluding hydrogens is 234 g/mol. The van der Waals surface area contributed by atoms with Crippen LogP contribution in [-0.4, -0.2) is 22.0 Å². The van der Waals surface area contributed by atoms with E-state index < -0.39 is 0 Å². The van der Waals surface area contributed by atoms with Crippen molar-refractivity contribution in [3.05, 3.63) is 35.2 Å². The van der Waals surface area contributed by atoms with Gasteiger partial charge in [0.05, 0.1) is 5.69 Å². The van der Waals surface area contributed by atoms with E-state index in [0.717, 1.165) is 29.3 Å². The van der Waals surface area contributed by atoms with Crippen molar-refractivity contribution in [3.8, 4) is 0 Å². The molecule has 3 nitrogen and oxygen atoms in total. The first-order valence-corrected chi connectivity index (χ1v) is 6.55. The highest BCUT2D eigenvalue weighted by Gasteiger charge is 2.14. The predicted molar refractivity (Wildman–Crippen MR) is 69.5 cm³/mol. The number of piperidine rings is 1. The molecule has 1 unspecified atom stereocenters. The summed E-state index contributed by atoms with van der Waals surface area (Å²) in [6.45, 7) is 1.14. The summed E-state index contributed by atoms with van der Waals surface area (Å²) in [4.78, 5) is 4.61. The van der Waals surface area contributed by atoms with Gasteiger partial charge in [0.25, 0.3) is 0 Å². The van der Waals surface area contributed by atoms with Gasteiger partial charge in [-0.1, -0.05) is 18.0 Å². The number of nitrogens with one attached hydrogen (secondary N) is 1. The van der Waals surface area contributed by atoms with Crippen LogP contribution in [0.1, 0.15) is 25.0 Å². The van der Waals surface area contributed by atoms with Gasteiger partial charge in [-0.25, -0.2) is 4.98 Å². The Labute approximate surface area is 106 Å². The number of aromatic nitrogens is 2. The first-order chi connectivity index (χ1) is 8.31. The van der Waals surface area contributed by atoms with E-state index in [9.17, 15) is 0 Å². The van der Waals surface area contributed by atoms with Gasteiger partial charge in [0.1, 0.15) is 5.65 Å². The highest BCUT2D eigenvalue weighted by atomic mass is 35.5. The van der Waals surface area contributed by atoms with E-state index in [2.05, 4.69) is 16.5 Å². The zero-order valence-electron chi connectivity index (χ0n) is 9.69. The molecule has 0 bridgehead atoms. The lowest BCUT2D eigenvalue weighted by atomic mass is 10.0. The summed E-state index contributed by atoms with van der Waals surface area (Å²) in [6.07, 6.45) is 8.96. The lowest BCUT2D eigenvalue weighted by molar-refractivity contribution is 0.397. The Morgan fingerprint density at radius 3 is 3.24 bits per heavy atom. The van der Waals surface area contributed by atoms with E-state index >= 15 is 0 Å². The smallest absolute Gasteiger partial charge is 0.138 e. The molecule has 1 atom stereocenters. The van der Waals surface area contributed by atoms with Crippen molar-refractivity contribution in [2.24, 2.45) is 0 Å². The summed E-state index contributed by atoms with van der Waals surface area (Å²) < 4.78 is 2.03. The van der Waals surface area contributed by atoms with Crippen molar-refractivity contribution in [2.75, 3.05) is 6.54 Å². The topological polar surface area (TPSA) is 29.3 Å². The number of hydrogen-bond acceptors (Lipinski definition) is 2. The standard InChI is InChI=1S/C13H16ClN3/c14-10-4-6-17-9-12(16-13(17)7-10)8-11-3-1-2-5-15-11/h4,6-7,9,11,15H,1-3,5,8H2. The Balaban J connectivity index is 1.80. The van der Waals surface area contributed by atoms with E-state index in [-0.39, 0.29) is 0 Å². The molecule has 1 aliphatic rings. The second kappa shape index (κ2) is 4.67. The maximum Gasteiger partial charge on any atom is 0.138 e. The van der Waals surface area contributed by atoms with E-state index in [1.165, 1.54) is 19.3 Å². The highest BCUT2D eigenvalue weighted by Crippen LogP contribution is 2.15. The zero-order chi connectivity index (χ0) is 11.7. The molecule has 3 heterocycles.